The van der Waals surface area contributed by atoms with Crippen LogP contribution in [0.5, 0.6) is 0 Å². The van der Waals surface area contributed by atoms with Gasteiger partial charge in [0.1, 0.15) is 9.84 Å². The van der Waals surface area contributed by atoms with E-state index in [0.717, 1.165) is 6.61 Å². The van der Waals surface area contributed by atoms with Crippen LogP contribution < -0.4 is 0 Å². The molecule has 9 heavy (non-hydrogen) atoms. The Balaban J connectivity index is 2.18. The fourth-order valence-electron chi connectivity index (χ4n) is 0.580. The molecule has 1 heterocycles. The highest BCUT2D eigenvalue weighted by molar-refractivity contribution is 7.90. The van der Waals surface area contributed by atoms with Gasteiger partial charge in [-0.1, -0.05) is 0 Å². The van der Waals surface area contributed by atoms with Gasteiger partial charge in [0.05, 0.1) is 18.5 Å². The Bertz CT molecular complexity index is 178. The van der Waals surface area contributed by atoms with Crippen molar-refractivity contribution in [1.29, 1.82) is 0 Å². The topological polar surface area (TPSA) is 46.7 Å². The Labute approximate surface area is 54.9 Å². The summed E-state index contributed by atoms with van der Waals surface area (Å²) >= 11 is 0. The third-order valence-electron chi connectivity index (χ3n) is 1.21. The van der Waals surface area contributed by atoms with E-state index in [4.69, 9.17) is 4.74 Å². The summed E-state index contributed by atoms with van der Waals surface area (Å²) < 4.78 is 25.9. The normalized spacial score (nSPS) is 26.1. The Morgan fingerprint density at radius 2 is 2.22 bits per heavy atom. The van der Waals surface area contributed by atoms with E-state index in [1.165, 1.54) is 6.26 Å². The van der Waals surface area contributed by atoms with Crippen molar-refractivity contribution in [3.63, 3.8) is 0 Å². The van der Waals surface area contributed by atoms with E-state index in [9.17, 15) is 8.42 Å². The molecule has 1 aliphatic rings. The van der Waals surface area contributed by atoms with Crippen LogP contribution in [0.25, 0.3) is 0 Å². The summed E-state index contributed by atoms with van der Waals surface area (Å²) in [4.78, 5) is 0. The van der Waals surface area contributed by atoms with Gasteiger partial charge in [-0.05, 0) is 6.42 Å². The van der Waals surface area contributed by atoms with E-state index in [1.807, 2.05) is 0 Å². The van der Waals surface area contributed by atoms with Crippen LogP contribution in [0.4, 0.5) is 0 Å². The smallest absolute Gasteiger partial charge is 0.147 e. The fourth-order valence-corrected chi connectivity index (χ4v) is 1.27. The van der Waals surface area contributed by atoms with E-state index >= 15 is 0 Å². The minimum Gasteiger partial charge on any atom is -0.373 e. The van der Waals surface area contributed by atoms with Crippen molar-refractivity contribution in [2.75, 3.05) is 18.6 Å². The summed E-state index contributed by atoms with van der Waals surface area (Å²) in [7, 11) is -2.76. The molecular weight excluding hydrogens is 140 g/mol. The summed E-state index contributed by atoms with van der Waals surface area (Å²) in [6.07, 6.45) is 2.15. The number of epoxide rings is 1. The molecule has 0 N–H and O–H groups in total. The Morgan fingerprint density at radius 3 is 2.56 bits per heavy atom. The molecule has 1 aliphatic heterocycles. The zero-order chi connectivity index (χ0) is 6.91. The maximum Gasteiger partial charge on any atom is 0.147 e. The summed E-state index contributed by atoms with van der Waals surface area (Å²) in [6.45, 7) is 0.746. The lowest BCUT2D eigenvalue weighted by atomic mass is 10.4. The van der Waals surface area contributed by atoms with Crippen molar-refractivity contribution in [3.8, 4) is 0 Å². The molecule has 1 rings (SSSR count). The van der Waals surface area contributed by atoms with E-state index in [-0.39, 0.29) is 11.9 Å². The molecule has 1 fully saturated rings. The lowest BCUT2D eigenvalue weighted by Gasteiger charge is -1.91. The molecular formula is C5H10O3S. The summed E-state index contributed by atoms with van der Waals surface area (Å²) in [5, 5.41) is 0. The van der Waals surface area contributed by atoms with Crippen LogP contribution in [-0.4, -0.2) is 33.1 Å². The first-order valence-electron chi connectivity index (χ1n) is 2.87. The van der Waals surface area contributed by atoms with Crippen LogP contribution in [0.1, 0.15) is 6.42 Å². The van der Waals surface area contributed by atoms with Gasteiger partial charge < -0.3 is 4.74 Å². The van der Waals surface area contributed by atoms with Crippen molar-refractivity contribution >= 4 is 9.84 Å². The van der Waals surface area contributed by atoms with Gasteiger partial charge in [0.2, 0.25) is 0 Å². The number of ether oxygens (including phenoxy) is 1. The maximum atomic E-state index is 10.5. The molecule has 0 amide bonds. The molecule has 0 aromatic carbocycles. The highest BCUT2D eigenvalue weighted by Crippen LogP contribution is 2.13. The number of sulfone groups is 1. The molecule has 1 atom stereocenters. The molecule has 0 aromatic heterocycles. The molecule has 0 aromatic rings. The highest BCUT2D eigenvalue weighted by atomic mass is 32.2. The standard InChI is InChI=1S/C5H10O3S/c1-9(6,7)3-2-5-4-8-5/h5H,2-4H2,1H3. The van der Waals surface area contributed by atoms with Crippen LogP contribution in [0.3, 0.4) is 0 Å². The third-order valence-corrected chi connectivity index (χ3v) is 2.19. The van der Waals surface area contributed by atoms with Gasteiger partial charge in [0.15, 0.2) is 0 Å². The van der Waals surface area contributed by atoms with Crippen molar-refractivity contribution in [2.45, 2.75) is 12.5 Å². The lowest BCUT2D eigenvalue weighted by Crippen LogP contribution is -2.05. The van der Waals surface area contributed by atoms with E-state index in [1.54, 1.807) is 0 Å². The van der Waals surface area contributed by atoms with Gasteiger partial charge in [-0.25, -0.2) is 8.42 Å². The fraction of sp³-hybridized carbons (Fsp3) is 1.00. The van der Waals surface area contributed by atoms with E-state index in [2.05, 4.69) is 0 Å². The number of hydrogen-bond donors (Lipinski definition) is 0. The van der Waals surface area contributed by atoms with Gasteiger partial charge in [-0.2, -0.15) is 0 Å². The molecule has 0 saturated carbocycles. The predicted octanol–water partition coefficient (Wildman–Crippen LogP) is -0.180. The molecule has 0 spiro atoms. The predicted molar refractivity (Wildman–Crippen MR) is 34.1 cm³/mol. The second kappa shape index (κ2) is 2.27. The summed E-state index contributed by atoms with van der Waals surface area (Å²) in [5.74, 6) is 0.262. The molecule has 0 bridgehead atoms. The average molecular weight is 150 g/mol. The molecule has 0 radical (unpaired) electrons. The van der Waals surface area contributed by atoms with Gasteiger partial charge in [0, 0.05) is 6.26 Å². The van der Waals surface area contributed by atoms with Crippen molar-refractivity contribution in [1.82, 2.24) is 0 Å². The monoisotopic (exact) mass is 150 g/mol. The van der Waals surface area contributed by atoms with E-state index < -0.39 is 9.84 Å². The first-order chi connectivity index (χ1) is 4.08. The molecule has 54 valence electrons. The van der Waals surface area contributed by atoms with Gasteiger partial charge in [-0.15, -0.1) is 0 Å². The van der Waals surface area contributed by atoms with Crippen molar-refractivity contribution in [2.24, 2.45) is 0 Å². The second-order valence-corrected chi connectivity index (χ2v) is 4.63. The third kappa shape index (κ3) is 3.48. The van der Waals surface area contributed by atoms with Crippen LogP contribution in [0.15, 0.2) is 0 Å². The minimum atomic E-state index is -2.76. The van der Waals surface area contributed by atoms with Gasteiger partial charge >= 0.3 is 0 Å². The molecule has 0 aliphatic carbocycles. The van der Waals surface area contributed by atoms with E-state index in [0.29, 0.717) is 6.42 Å². The molecule has 4 heteroatoms. The first-order valence-corrected chi connectivity index (χ1v) is 4.93. The van der Waals surface area contributed by atoms with Crippen molar-refractivity contribution < 1.29 is 13.2 Å². The summed E-state index contributed by atoms with van der Waals surface area (Å²) in [6, 6.07) is 0. The SMILES string of the molecule is CS(=O)(=O)CCC1CO1. The summed E-state index contributed by atoms with van der Waals surface area (Å²) in [5.41, 5.74) is 0. The quantitative estimate of drug-likeness (QED) is 0.524. The number of hydrogen-bond acceptors (Lipinski definition) is 3. The maximum absolute atomic E-state index is 10.5. The molecule has 1 unspecified atom stereocenters. The Kier molecular flexibility index (Phi) is 1.77. The Hall–Kier alpha value is -0.0900. The largest absolute Gasteiger partial charge is 0.373 e. The zero-order valence-electron chi connectivity index (χ0n) is 5.33. The average Bonchev–Trinajstić information content (AvgIpc) is 2.38. The van der Waals surface area contributed by atoms with Crippen molar-refractivity contribution in [3.05, 3.63) is 0 Å². The van der Waals surface area contributed by atoms with Gasteiger partial charge in [0.25, 0.3) is 0 Å². The highest BCUT2D eigenvalue weighted by Gasteiger charge is 2.23. The van der Waals surface area contributed by atoms with Gasteiger partial charge in [-0.3, -0.25) is 0 Å². The van der Waals surface area contributed by atoms with Crippen LogP contribution in [0.2, 0.25) is 0 Å². The zero-order valence-corrected chi connectivity index (χ0v) is 6.15. The second-order valence-electron chi connectivity index (χ2n) is 2.37. The Morgan fingerprint density at radius 1 is 1.67 bits per heavy atom. The van der Waals surface area contributed by atoms with Crippen LogP contribution in [0, 0.1) is 0 Å². The molecule has 3 nitrogen and oxygen atoms in total. The minimum absolute atomic E-state index is 0.236. The number of rotatable bonds is 3. The van der Waals surface area contributed by atoms with Crippen LogP contribution in [-0.2, 0) is 14.6 Å². The van der Waals surface area contributed by atoms with Crippen LogP contribution >= 0.6 is 0 Å². The molecule has 1 saturated heterocycles. The lowest BCUT2D eigenvalue weighted by molar-refractivity contribution is 0.403. The first kappa shape index (κ1) is 7.02.